The maximum absolute atomic E-state index is 6.19. The van der Waals surface area contributed by atoms with Crippen LogP contribution in [0.3, 0.4) is 0 Å². The van der Waals surface area contributed by atoms with Crippen molar-refractivity contribution in [2.45, 2.75) is 57.7 Å². The van der Waals surface area contributed by atoms with Gasteiger partial charge in [-0.05, 0) is 32.6 Å². The van der Waals surface area contributed by atoms with Crippen LogP contribution in [-0.4, -0.2) is 28.3 Å². The number of hydrogen-bond donors (Lipinski definition) is 1. The van der Waals surface area contributed by atoms with Crippen molar-refractivity contribution in [2.75, 3.05) is 6.61 Å². The van der Waals surface area contributed by atoms with Gasteiger partial charge < -0.3 is 15.0 Å². The highest BCUT2D eigenvalue weighted by Gasteiger charge is 2.18. The van der Waals surface area contributed by atoms with Gasteiger partial charge in [-0.3, -0.25) is 0 Å². The lowest BCUT2D eigenvalue weighted by atomic mass is 10.0. The molecule has 0 aliphatic carbocycles. The number of nitrogens with two attached hydrogens (primary N) is 1. The summed E-state index contributed by atoms with van der Waals surface area (Å²) in [6, 6.07) is 0.158. The van der Waals surface area contributed by atoms with E-state index in [9.17, 15) is 0 Å². The third-order valence-electron chi connectivity index (χ3n) is 3.43. The van der Waals surface area contributed by atoms with Gasteiger partial charge in [0.2, 0.25) is 0 Å². The molecule has 96 valence electrons. The van der Waals surface area contributed by atoms with Crippen molar-refractivity contribution < 1.29 is 4.74 Å². The van der Waals surface area contributed by atoms with Gasteiger partial charge in [-0.15, -0.1) is 0 Å². The van der Waals surface area contributed by atoms with Crippen LogP contribution >= 0.6 is 0 Å². The zero-order chi connectivity index (χ0) is 12.1. The van der Waals surface area contributed by atoms with Crippen LogP contribution in [0.25, 0.3) is 0 Å². The molecule has 0 amide bonds. The van der Waals surface area contributed by atoms with Crippen molar-refractivity contribution in [3.05, 3.63) is 18.2 Å². The Bertz CT molecular complexity index is 331. The first kappa shape index (κ1) is 12.6. The fourth-order valence-electron chi connectivity index (χ4n) is 2.47. The molecule has 2 atom stereocenters. The van der Waals surface area contributed by atoms with Crippen molar-refractivity contribution in [2.24, 2.45) is 5.73 Å². The van der Waals surface area contributed by atoms with Gasteiger partial charge in [0.25, 0.3) is 0 Å². The van der Waals surface area contributed by atoms with Gasteiger partial charge in [-0.2, -0.15) is 0 Å². The highest BCUT2D eigenvalue weighted by molar-refractivity contribution is 4.95. The van der Waals surface area contributed by atoms with Gasteiger partial charge >= 0.3 is 0 Å². The van der Waals surface area contributed by atoms with Gasteiger partial charge in [0, 0.05) is 38.0 Å². The van der Waals surface area contributed by atoms with E-state index in [0.717, 1.165) is 38.2 Å². The Morgan fingerprint density at radius 1 is 1.59 bits per heavy atom. The maximum atomic E-state index is 6.19. The summed E-state index contributed by atoms with van der Waals surface area (Å²) in [4.78, 5) is 4.36. The molecule has 2 rings (SSSR count). The lowest BCUT2D eigenvalue weighted by Crippen LogP contribution is -2.32. The molecule has 17 heavy (non-hydrogen) atoms. The smallest absolute Gasteiger partial charge is 0.110 e. The van der Waals surface area contributed by atoms with Crippen molar-refractivity contribution in [1.29, 1.82) is 0 Å². The highest BCUT2D eigenvalue weighted by atomic mass is 16.5. The number of aromatic nitrogens is 2. The van der Waals surface area contributed by atoms with E-state index in [1.54, 1.807) is 0 Å². The lowest BCUT2D eigenvalue weighted by molar-refractivity contribution is 0.00735. The molecule has 0 saturated carbocycles. The molecular weight excluding hydrogens is 214 g/mol. The second-order valence-corrected chi connectivity index (χ2v) is 4.82. The van der Waals surface area contributed by atoms with Crippen molar-refractivity contribution in [3.8, 4) is 0 Å². The largest absolute Gasteiger partial charge is 0.378 e. The van der Waals surface area contributed by atoms with Crippen molar-refractivity contribution in [3.63, 3.8) is 0 Å². The molecule has 1 aromatic heterocycles. The Morgan fingerprint density at radius 2 is 2.47 bits per heavy atom. The Labute approximate surface area is 103 Å². The summed E-state index contributed by atoms with van der Waals surface area (Å²) in [7, 11) is 0. The predicted molar refractivity (Wildman–Crippen MR) is 67.8 cm³/mol. The lowest BCUT2D eigenvalue weighted by Gasteiger charge is -2.25. The van der Waals surface area contributed by atoms with Crippen molar-refractivity contribution in [1.82, 2.24) is 9.55 Å². The standard InChI is InChI=1S/C13H23N3O/c1-2-16-7-6-15-13(16)10-11(14)9-12-5-3-4-8-17-12/h6-7,11-12H,2-5,8-10,14H2,1H3. The Balaban J connectivity index is 1.82. The van der Waals surface area contributed by atoms with E-state index in [1.165, 1.54) is 12.8 Å². The molecule has 1 aromatic rings. The first-order chi connectivity index (χ1) is 8.29. The van der Waals surface area contributed by atoms with Crippen LogP contribution in [0.2, 0.25) is 0 Å². The van der Waals surface area contributed by atoms with Gasteiger partial charge in [-0.1, -0.05) is 0 Å². The van der Waals surface area contributed by atoms with Crippen LogP contribution in [0.4, 0.5) is 0 Å². The second kappa shape index (κ2) is 6.17. The summed E-state index contributed by atoms with van der Waals surface area (Å²) in [6.45, 7) is 3.99. The molecule has 0 aromatic carbocycles. The molecule has 0 bridgehead atoms. The number of nitrogens with zero attached hydrogens (tertiary/aromatic N) is 2. The highest BCUT2D eigenvalue weighted by Crippen LogP contribution is 2.17. The summed E-state index contributed by atoms with van der Waals surface area (Å²) in [6.07, 6.45) is 9.67. The first-order valence-corrected chi connectivity index (χ1v) is 6.66. The van der Waals surface area contributed by atoms with Crippen LogP contribution < -0.4 is 5.73 Å². The number of imidazole rings is 1. The molecule has 2 N–H and O–H groups in total. The molecule has 2 heterocycles. The number of hydrogen-bond acceptors (Lipinski definition) is 3. The fourth-order valence-corrected chi connectivity index (χ4v) is 2.47. The van der Waals surface area contributed by atoms with Crippen molar-refractivity contribution >= 4 is 0 Å². The van der Waals surface area contributed by atoms with E-state index in [0.29, 0.717) is 6.10 Å². The van der Waals surface area contributed by atoms with Crippen LogP contribution in [0.15, 0.2) is 12.4 Å². The van der Waals surface area contributed by atoms with Crippen LogP contribution in [0.5, 0.6) is 0 Å². The van der Waals surface area contributed by atoms with E-state index >= 15 is 0 Å². The molecule has 1 saturated heterocycles. The van der Waals surface area contributed by atoms with Crippen LogP contribution in [0.1, 0.15) is 38.4 Å². The molecule has 0 radical (unpaired) electrons. The minimum Gasteiger partial charge on any atom is -0.378 e. The molecule has 1 aliphatic heterocycles. The van der Waals surface area contributed by atoms with Gasteiger partial charge in [-0.25, -0.2) is 4.98 Å². The number of aryl methyl sites for hydroxylation is 1. The average Bonchev–Trinajstić information content (AvgIpc) is 2.77. The summed E-state index contributed by atoms with van der Waals surface area (Å²) in [5.41, 5.74) is 6.19. The van der Waals surface area contributed by atoms with Crippen LogP contribution in [-0.2, 0) is 17.7 Å². The van der Waals surface area contributed by atoms with E-state index in [4.69, 9.17) is 10.5 Å². The zero-order valence-electron chi connectivity index (χ0n) is 10.6. The van der Waals surface area contributed by atoms with E-state index < -0.39 is 0 Å². The zero-order valence-corrected chi connectivity index (χ0v) is 10.6. The Morgan fingerprint density at radius 3 is 3.18 bits per heavy atom. The maximum Gasteiger partial charge on any atom is 0.110 e. The summed E-state index contributed by atoms with van der Waals surface area (Å²) < 4.78 is 7.87. The number of ether oxygens (including phenoxy) is 1. The molecular formula is C13H23N3O. The van der Waals surface area contributed by atoms with E-state index in [-0.39, 0.29) is 6.04 Å². The number of rotatable bonds is 5. The second-order valence-electron chi connectivity index (χ2n) is 4.82. The predicted octanol–water partition coefficient (Wildman–Crippen LogP) is 1.73. The van der Waals surface area contributed by atoms with Gasteiger partial charge in [0.05, 0.1) is 6.10 Å². The summed E-state index contributed by atoms with van der Waals surface area (Å²) >= 11 is 0. The normalized spacial score (nSPS) is 22.6. The minimum atomic E-state index is 0.158. The molecule has 4 nitrogen and oxygen atoms in total. The summed E-state index contributed by atoms with van der Waals surface area (Å²) in [5, 5.41) is 0. The van der Waals surface area contributed by atoms with Gasteiger partial charge in [0.15, 0.2) is 0 Å². The summed E-state index contributed by atoms with van der Waals surface area (Å²) in [5.74, 6) is 1.09. The minimum absolute atomic E-state index is 0.158. The third-order valence-corrected chi connectivity index (χ3v) is 3.43. The molecule has 4 heteroatoms. The Hall–Kier alpha value is -0.870. The topological polar surface area (TPSA) is 53.1 Å². The van der Waals surface area contributed by atoms with E-state index in [2.05, 4.69) is 16.5 Å². The van der Waals surface area contributed by atoms with Gasteiger partial charge in [0.1, 0.15) is 5.82 Å². The average molecular weight is 237 g/mol. The molecule has 1 aliphatic rings. The fraction of sp³-hybridized carbons (Fsp3) is 0.769. The SMILES string of the molecule is CCn1ccnc1CC(N)CC1CCCCO1. The molecule has 0 spiro atoms. The monoisotopic (exact) mass is 237 g/mol. The first-order valence-electron chi connectivity index (χ1n) is 6.66. The molecule has 1 fully saturated rings. The van der Waals surface area contributed by atoms with Crippen LogP contribution in [0, 0.1) is 0 Å². The Kier molecular flexibility index (Phi) is 4.57. The molecule has 2 unspecified atom stereocenters. The van der Waals surface area contributed by atoms with E-state index in [1.807, 2.05) is 12.4 Å². The third kappa shape index (κ3) is 3.54. The quantitative estimate of drug-likeness (QED) is 0.848.